The Hall–Kier alpha value is -2.82. The molecule has 0 radical (unpaired) electrons. The Morgan fingerprint density at radius 3 is 2.57 bits per heavy atom. The summed E-state index contributed by atoms with van der Waals surface area (Å²) in [6, 6.07) is 17.6. The number of hydrogen-bond donors (Lipinski definition) is 0. The molecule has 0 saturated carbocycles. The lowest BCUT2D eigenvalue weighted by molar-refractivity contribution is -0.212. The lowest BCUT2D eigenvalue weighted by Crippen LogP contribution is -2.05. The first-order valence-corrected chi connectivity index (χ1v) is 6.58. The fourth-order valence-electron chi connectivity index (χ4n) is 2.13. The third kappa shape index (κ3) is 2.86. The standard InChI is InChI=1S/C16H14N2O3/c1-12(19)20-21-16-14-9-5-6-10-15(14)18(17-16)11-13-7-3-2-4-8-13/h2-10H,11H2,1H3. The summed E-state index contributed by atoms with van der Waals surface area (Å²) in [5.41, 5.74) is 2.05. The molecule has 0 aliphatic carbocycles. The Morgan fingerprint density at radius 2 is 1.81 bits per heavy atom. The van der Waals surface area contributed by atoms with Crippen molar-refractivity contribution in [2.45, 2.75) is 13.5 Å². The van der Waals surface area contributed by atoms with Crippen molar-refractivity contribution in [2.24, 2.45) is 0 Å². The number of fused-ring (bicyclic) bond motifs is 1. The second-order valence-corrected chi connectivity index (χ2v) is 4.62. The van der Waals surface area contributed by atoms with E-state index in [1.807, 2.05) is 59.3 Å². The van der Waals surface area contributed by atoms with Crippen LogP contribution in [0.25, 0.3) is 10.9 Å². The number of hydrogen-bond acceptors (Lipinski definition) is 4. The fourth-order valence-corrected chi connectivity index (χ4v) is 2.13. The van der Waals surface area contributed by atoms with Crippen LogP contribution in [0.5, 0.6) is 5.88 Å². The van der Waals surface area contributed by atoms with E-state index < -0.39 is 5.97 Å². The molecule has 0 saturated heterocycles. The maximum Gasteiger partial charge on any atom is 0.352 e. The van der Waals surface area contributed by atoms with Gasteiger partial charge in [0.15, 0.2) is 0 Å². The summed E-state index contributed by atoms with van der Waals surface area (Å²) in [5, 5.41) is 5.17. The van der Waals surface area contributed by atoms with Gasteiger partial charge in [0.2, 0.25) is 0 Å². The van der Waals surface area contributed by atoms with E-state index in [0.29, 0.717) is 6.54 Å². The molecular formula is C16H14N2O3. The van der Waals surface area contributed by atoms with E-state index in [2.05, 4.69) is 9.99 Å². The van der Waals surface area contributed by atoms with Crippen molar-refractivity contribution in [1.29, 1.82) is 0 Å². The minimum atomic E-state index is -0.517. The first kappa shape index (κ1) is 13.2. The Kier molecular flexibility index (Phi) is 3.55. The van der Waals surface area contributed by atoms with Gasteiger partial charge in [-0.25, -0.2) is 9.68 Å². The monoisotopic (exact) mass is 282 g/mol. The van der Waals surface area contributed by atoms with Crippen LogP contribution >= 0.6 is 0 Å². The fraction of sp³-hybridized carbons (Fsp3) is 0.125. The van der Waals surface area contributed by atoms with E-state index in [1.165, 1.54) is 6.92 Å². The van der Waals surface area contributed by atoms with E-state index in [-0.39, 0.29) is 5.88 Å². The summed E-state index contributed by atoms with van der Waals surface area (Å²) in [4.78, 5) is 20.5. The van der Waals surface area contributed by atoms with Crippen LogP contribution in [-0.2, 0) is 16.2 Å². The molecule has 0 spiro atoms. The van der Waals surface area contributed by atoms with Gasteiger partial charge in [-0.3, -0.25) is 9.57 Å². The second-order valence-electron chi connectivity index (χ2n) is 4.62. The molecule has 0 N–H and O–H groups in total. The third-order valence-electron chi connectivity index (χ3n) is 3.04. The lowest BCUT2D eigenvalue weighted by atomic mass is 10.2. The van der Waals surface area contributed by atoms with Crippen LogP contribution in [0.3, 0.4) is 0 Å². The van der Waals surface area contributed by atoms with Crippen LogP contribution in [0.2, 0.25) is 0 Å². The normalized spacial score (nSPS) is 10.5. The number of rotatable bonds is 4. The zero-order valence-corrected chi connectivity index (χ0v) is 11.5. The van der Waals surface area contributed by atoms with Gasteiger partial charge in [0.1, 0.15) is 0 Å². The zero-order chi connectivity index (χ0) is 14.7. The Balaban J connectivity index is 1.96. The molecule has 0 bridgehead atoms. The zero-order valence-electron chi connectivity index (χ0n) is 11.5. The van der Waals surface area contributed by atoms with Crippen molar-refractivity contribution < 1.29 is 14.6 Å². The predicted molar refractivity (Wildman–Crippen MR) is 77.7 cm³/mol. The maximum absolute atomic E-state index is 10.9. The molecule has 1 aromatic heterocycles. The molecule has 5 heteroatoms. The van der Waals surface area contributed by atoms with Gasteiger partial charge < -0.3 is 0 Å². The SMILES string of the molecule is CC(=O)OOc1nn(Cc2ccccc2)c2ccccc12. The van der Waals surface area contributed by atoms with Crippen LogP contribution in [0.1, 0.15) is 12.5 Å². The average molecular weight is 282 g/mol. The summed E-state index contributed by atoms with van der Waals surface area (Å²) in [6.45, 7) is 1.90. The largest absolute Gasteiger partial charge is 0.352 e. The second kappa shape index (κ2) is 5.66. The highest BCUT2D eigenvalue weighted by molar-refractivity contribution is 5.84. The predicted octanol–water partition coefficient (Wildman–Crippen LogP) is 2.94. The van der Waals surface area contributed by atoms with Gasteiger partial charge in [0, 0.05) is 6.92 Å². The molecule has 0 aliphatic rings. The topological polar surface area (TPSA) is 53.4 Å². The summed E-state index contributed by atoms with van der Waals surface area (Å²) >= 11 is 0. The quantitative estimate of drug-likeness (QED) is 0.545. The van der Waals surface area contributed by atoms with Gasteiger partial charge in [-0.15, -0.1) is 5.10 Å². The number of carbonyl (C=O) groups is 1. The number of nitrogens with zero attached hydrogens (tertiary/aromatic N) is 2. The van der Waals surface area contributed by atoms with Crippen LogP contribution in [0, 0.1) is 0 Å². The molecule has 0 unspecified atom stereocenters. The summed E-state index contributed by atoms with van der Waals surface area (Å²) < 4.78 is 1.82. The van der Waals surface area contributed by atoms with Gasteiger partial charge in [-0.1, -0.05) is 42.5 Å². The van der Waals surface area contributed by atoms with Gasteiger partial charge >= 0.3 is 5.97 Å². The highest BCUT2D eigenvalue weighted by Gasteiger charge is 2.13. The van der Waals surface area contributed by atoms with Crippen LogP contribution < -0.4 is 4.89 Å². The van der Waals surface area contributed by atoms with Crippen molar-refractivity contribution in [3.63, 3.8) is 0 Å². The average Bonchev–Trinajstić information content (AvgIpc) is 2.85. The van der Waals surface area contributed by atoms with Gasteiger partial charge in [0.05, 0.1) is 17.4 Å². The number of carbonyl (C=O) groups excluding carboxylic acids is 1. The third-order valence-corrected chi connectivity index (χ3v) is 3.04. The minimum Gasteiger partial charge on any atom is -0.264 e. The summed E-state index contributed by atoms with van der Waals surface area (Å²) in [5.74, 6) is -0.228. The molecule has 21 heavy (non-hydrogen) atoms. The molecule has 5 nitrogen and oxygen atoms in total. The lowest BCUT2D eigenvalue weighted by Gasteiger charge is -2.02. The first-order valence-electron chi connectivity index (χ1n) is 6.58. The van der Waals surface area contributed by atoms with Crippen molar-refractivity contribution in [1.82, 2.24) is 9.78 Å². The molecule has 3 rings (SSSR count). The van der Waals surface area contributed by atoms with Crippen molar-refractivity contribution >= 4 is 16.9 Å². The van der Waals surface area contributed by atoms with E-state index in [0.717, 1.165) is 16.5 Å². The minimum absolute atomic E-state index is 0.289. The van der Waals surface area contributed by atoms with E-state index >= 15 is 0 Å². The number of aromatic nitrogens is 2. The Labute approximate surface area is 121 Å². The van der Waals surface area contributed by atoms with Crippen LogP contribution in [-0.4, -0.2) is 15.7 Å². The number of benzene rings is 2. The highest BCUT2D eigenvalue weighted by Crippen LogP contribution is 2.25. The molecule has 2 aromatic carbocycles. The molecule has 0 atom stereocenters. The maximum atomic E-state index is 10.9. The molecule has 3 aromatic rings. The molecule has 0 aliphatic heterocycles. The van der Waals surface area contributed by atoms with Crippen LogP contribution in [0.4, 0.5) is 0 Å². The molecule has 106 valence electrons. The van der Waals surface area contributed by atoms with E-state index in [1.54, 1.807) is 0 Å². The van der Waals surface area contributed by atoms with Crippen molar-refractivity contribution in [3.05, 3.63) is 60.2 Å². The smallest absolute Gasteiger partial charge is 0.264 e. The highest BCUT2D eigenvalue weighted by atomic mass is 17.2. The van der Waals surface area contributed by atoms with Gasteiger partial charge in [-0.05, 0) is 17.7 Å². The summed E-state index contributed by atoms with van der Waals surface area (Å²) in [6.07, 6.45) is 0. The van der Waals surface area contributed by atoms with Crippen molar-refractivity contribution in [2.75, 3.05) is 0 Å². The van der Waals surface area contributed by atoms with Crippen LogP contribution in [0.15, 0.2) is 54.6 Å². The summed E-state index contributed by atoms with van der Waals surface area (Å²) in [7, 11) is 0. The number of para-hydroxylation sites is 1. The van der Waals surface area contributed by atoms with E-state index in [9.17, 15) is 4.79 Å². The van der Waals surface area contributed by atoms with Crippen molar-refractivity contribution in [3.8, 4) is 5.88 Å². The molecular weight excluding hydrogens is 268 g/mol. The Bertz CT molecular complexity index is 766. The Morgan fingerprint density at radius 1 is 1.10 bits per heavy atom. The molecule has 1 heterocycles. The van der Waals surface area contributed by atoms with E-state index in [4.69, 9.17) is 4.89 Å². The molecule has 0 fully saturated rings. The van der Waals surface area contributed by atoms with Gasteiger partial charge in [-0.2, -0.15) is 0 Å². The van der Waals surface area contributed by atoms with Gasteiger partial charge in [0.25, 0.3) is 5.88 Å². The molecule has 0 amide bonds. The first-order chi connectivity index (χ1) is 10.2.